The molecular weight excluding hydrogens is 258 g/mol. The molecule has 0 bridgehead atoms. The third kappa shape index (κ3) is 3.73. The maximum atomic E-state index is 4.71. The summed E-state index contributed by atoms with van der Waals surface area (Å²) in [5, 5.41) is 9.50. The molecule has 0 aliphatic carbocycles. The molecule has 1 aromatic heterocycles. The second-order valence-corrected chi connectivity index (χ2v) is 6.65. The molecule has 0 aliphatic heterocycles. The summed E-state index contributed by atoms with van der Waals surface area (Å²) < 4.78 is 1.97. The first kappa shape index (κ1) is 15.8. The van der Waals surface area contributed by atoms with Gasteiger partial charge in [0, 0.05) is 30.8 Å². The maximum Gasteiger partial charge on any atom is 0.0712 e. The monoisotopic (exact) mass is 285 g/mol. The third-order valence-corrected chi connectivity index (χ3v) is 3.98. The zero-order chi connectivity index (χ0) is 15.5. The molecule has 0 amide bonds. The van der Waals surface area contributed by atoms with Crippen LogP contribution in [0.25, 0.3) is 10.9 Å². The van der Waals surface area contributed by atoms with E-state index >= 15 is 0 Å². The topological polar surface area (TPSA) is 29.9 Å². The van der Waals surface area contributed by atoms with E-state index in [1.165, 1.54) is 10.9 Å². The summed E-state index contributed by atoms with van der Waals surface area (Å²) in [6, 6.07) is 8.41. The summed E-state index contributed by atoms with van der Waals surface area (Å²) in [5.41, 5.74) is 2.36. The Kier molecular flexibility index (Phi) is 4.84. The maximum absolute atomic E-state index is 4.71. The van der Waals surface area contributed by atoms with Crippen LogP contribution in [0.15, 0.2) is 36.9 Å². The van der Waals surface area contributed by atoms with Crippen molar-refractivity contribution < 1.29 is 0 Å². The highest BCUT2D eigenvalue weighted by Gasteiger charge is 2.23. The van der Waals surface area contributed by atoms with Crippen molar-refractivity contribution in [1.82, 2.24) is 15.1 Å². The summed E-state index contributed by atoms with van der Waals surface area (Å²) in [6.07, 6.45) is 2.97. The van der Waals surface area contributed by atoms with Crippen LogP contribution < -0.4 is 5.32 Å². The van der Waals surface area contributed by atoms with Gasteiger partial charge in [0.1, 0.15) is 0 Å². The second kappa shape index (κ2) is 6.44. The van der Waals surface area contributed by atoms with Crippen LogP contribution >= 0.6 is 0 Å². The van der Waals surface area contributed by atoms with E-state index in [-0.39, 0.29) is 5.41 Å². The molecule has 1 atom stereocenters. The molecule has 1 aromatic carbocycles. The first-order valence-corrected chi connectivity index (χ1v) is 7.70. The minimum atomic E-state index is 0.0199. The van der Waals surface area contributed by atoms with Gasteiger partial charge in [-0.05, 0) is 18.5 Å². The second-order valence-electron chi connectivity index (χ2n) is 6.65. The minimum Gasteiger partial charge on any atom is -0.316 e. The van der Waals surface area contributed by atoms with Gasteiger partial charge in [-0.2, -0.15) is 5.10 Å². The fourth-order valence-electron chi connectivity index (χ4n) is 2.65. The zero-order valence-electron chi connectivity index (χ0n) is 13.7. The number of aromatic nitrogens is 2. The SMILES string of the molecule is C=CC(C)(CNCC(C)C)Cc1nn(C)c2ccccc12. The van der Waals surface area contributed by atoms with Gasteiger partial charge in [0.2, 0.25) is 0 Å². The number of hydrogen-bond acceptors (Lipinski definition) is 2. The number of benzene rings is 1. The van der Waals surface area contributed by atoms with Crippen molar-refractivity contribution in [3.8, 4) is 0 Å². The first-order chi connectivity index (χ1) is 9.95. The molecule has 0 aliphatic rings. The Morgan fingerprint density at radius 3 is 2.76 bits per heavy atom. The van der Waals surface area contributed by atoms with Crippen LogP contribution in [0.3, 0.4) is 0 Å². The fraction of sp³-hybridized carbons (Fsp3) is 0.500. The quantitative estimate of drug-likeness (QED) is 0.788. The number of rotatable bonds is 7. The van der Waals surface area contributed by atoms with Gasteiger partial charge >= 0.3 is 0 Å². The molecule has 1 unspecified atom stereocenters. The van der Waals surface area contributed by atoms with E-state index in [1.807, 2.05) is 11.7 Å². The van der Waals surface area contributed by atoms with Crippen LogP contribution in [-0.2, 0) is 13.5 Å². The Balaban J connectivity index is 2.18. The lowest BCUT2D eigenvalue weighted by Gasteiger charge is -2.26. The van der Waals surface area contributed by atoms with Gasteiger partial charge < -0.3 is 5.32 Å². The largest absolute Gasteiger partial charge is 0.316 e. The Hall–Kier alpha value is -1.61. The fourth-order valence-corrected chi connectivity index (χ4v) is 2.65. The van der Waals surface area contributed by atoms with Crippen molar-refractivity contribution in [2.24, 2.45) is 18.4 Å². The number of para-hydroxylation sites is 1. The van der Waals surface area contributed by atoms with Crippen LogP contribution in [0.2, 0.25) is 0 Å². The van der Waals surface area contributed by atoms with Crippen LogP contribution in [0.4, 0.5) is 0 Å². The molecular formula is C18H27N3. The van der Waals surface area contributed by atoms with E-state index in [0.29, 0.717) is 5.92 Å². The Labute approximate surface area is 128 Å². The summed E-state index contributed by atoms with van der Waals surface area (Å²) in [7, 11) is 2.01. The summed E-state index contributed by atoms with van der Waals surface area (Å²) in [5.74, 6) is 0.662. The molecule has 0 spiro atoms. The predicted molar refractivity (Wildman–Crippen MR) is 90.4 cm³/mol. The highest BCUT2D eigenvalue weighted by Crippen LogP contribution is 2.27. The van der Waals surface area contributed by atoms with Crippen molar-refractivity contribution in [3.05, 3.63) is 42.6 Å². The molecule has 21 heavy (non-hydrogen) atoms. The average Bonchev–Trinajstić information content (AvgIpc) is 2.75. The molecule has 3 nitrogen and oxygen atoms in total. The van der Waals surface area contributed by atoms with E-state index in [0.717, 1.165) is 25.2 Å². The molecule has 2 aromatic rings. The molecule has 0 fully saturated rings. The molecule has 0 radical (unpaired) electrons. The van der Waals surface area contributed by atoms with E-state index in [2.05, 4.69) is 63.0 Å². The van der Waals surface area contributed by atoms with Crippen molar-refractivity contribution in [2.45, 2.75) is 27.2 Å². The molecule has 3 heteroatoms. The van der Waals surface area contributed by atoms with E-state index in [4.69, 9.17) is 5.10 Å². The van der Waals surface area contributed by atoms with Gasteiger partial charge in [-0.1, -0.05) is 45.0 Å². The Morgan fingerprint density at radius 1 is 1.38 bits per heavy atom. The van der Waals surface area contributed by atoms with Gasteiger partial charge in [-0.15, -0.1) is 6.58 Å². The highest BCUT2D eigenvalue weighted by molar-refractivity contribution is 5.81. The summed E-state index contributed by atoms with van der Waals surface area (Å²) in [6.45, 7) is 12.7. The number of fused-ring (bicyclic) bond motifs is 1. The molecule has 1 N–H and O–H groups in total. The molecule has 0 saturated heterocycles. The summed E-state index contributed by atoms with van der Waals surface area (Å²) in [4.78, 5) is 0. The van der Waals surface area contributed by atoms with Gasteiger partial charge in [0.05, 0.1) is 11.2 Å². The van der Waals surface area contributed by atoms with E-state index < -0.39 is 0 Å². The minimum absolute atomic E-state index is 0.0199. The van der Waals surface area contributed by atoms with Crippen molar-refractivity contribution in [1.29, 1.82) is 0 Å². The zero-order valence-corrected chi connectivity index (χ0v) is 13.7. The lowest BCUT2D eigenvalue weighted by Crippen LogP contribution is -2.34. The van der Waals surface area contributed by atoms with Crippen LogP contribution in [-0.4, -0.2) is 22.9 Å². The Morgan fingerprint density at radius 2 is 2.10 bits per heavy atom. The number of nitrogens with zero attached hydrogens (tertiary/aromatic N) is 2. The molecule has 0 saturated carbocycles. The van der Waals surface area contributed by atoms with Gasteiger partial charge in [-0.3, -0.25) is 4.68 Å². The standard InChI is InChI=1S/C18H27N3/c1-6-18(4,13-19-12-14(2)3)11-16-15-9-7-8-10-17(15)21(5)20-16/h6-10,14,19H,1,11-13H2,2-5H3. The van der Waals surface area contributed by atoms with Gasteiger partial charge in [0.25, 0.3) is 0 Å². The van der Waals surface area contributed by atoms with Gasteiger partial charge in [0.15, 0.2) is 0 Å². The molecule has 1 heterocycles. The van der Waals surface area contributed by atoms with Crippen molar-refractivity contribution in [3.63, 3.8) is 0 Å². The number of hydrogen-bond donors (Lipinski definition) is 1. The molecule has 114 valence electrons. The Bertz CT molecular complexity index is 612. The first-order valence-electron chi connectivity index (χ1n) is 7.70. The van der Waals surface area contributed by atoms with Crippen molar-refractivity contribution in [2.75, 3.05) is 13.1 Å². The van der Waals surface area contributed by atoms with Crippen LogP contribution in [0, 0.1) is 11.3 Å². The van der Waals surface area contributed by atoms with E-state index in [1.54, 1.807) is 0 Å². The number of nitrogens with one attached hydrogen (secondary N) is 1. The lowest BCUT2D eigenvalue weighted by molar-refractivity contribution is 0.374. The van der Waals surface area contributed by atoms with E-state index in [9.17, 15) is 0 Å². The normalized spacial score (nSPS) is 14.5. The lowest BCUT2D eigenvalue weighted by atomic mass is 9.84. The van der Waals surface area contributed by atoms with Crippen LogP contribution in [0.1, 0.15) is 26.5 Å². The summed E-state index contributed by atoms with van der Waals surface area (Å²) >= 11 is 0. The number of aryl methyl sites for hydroxylation is 1. The van der Waals surface area contributed by atoms with Crippen LogP contribution in [0.5, 0.6) is 0 Å². The third-order valence-electron chi connectivity index (χ3n) is 3.98. The predicted octanol–water partition coefficient (Wildman–Crippen LogP) is 3.55. The highest BCUT2D eigenvalue weighted by atomic mass is 15.3. The molecule has 2 rings (SSSR count). The van der Waals surface area contributed by atoms with Gasteiger partial charge in [-0.25, -0.2) is 0 Å². The average molecular weight is 285 g/mol. The smallest absolute Gasteiger partial charge is 0.0712 e. The van der Waals surface area contributed by atoms with Crippen molar-refractivity contribution >= 4 is 10.9 Å².